The van der Waals surface area contributed by atoms with Crippen LogP contribution < -0.4 is 5.32 Å². The summed E-state index contributed by atoms with van der Waals surface area (Å²) >= 11 is 9.04. The first kappa shape index (κ1) is 17.4. The Kier molecular flexibility index (Phi) is 6.12. The van der Waals surface area contributed by atoms with E-state index in [-0.39, 0.29) is 6.42 Å². The van der Waals surface area contributed by atoms with E-state index < -0.39 is 18.0 Å². The number of anilines is 1. The van der Waals surface area contributed by atoms with Gasteiger partial charge in [0.15, 0.2) is 6.10 Å². The van der Waals surface area contributed by atoms with Crippen LogP contribution in [0.15, 0.2) is 47.1 Å². The van der Waals surface area contributed by atoms with Crippen molar-refractivity contribution in [3.8, 4) is 0 Å². The summed E-state index contributed by atoms with van der Waals surface area (Å²) in [4.78, 5) is 27.8. The van der Waals surface area contributed by atoms with Gasteiger partial charge in [-0.05, 0) is 36.8 Å². The van der Waals surface area contributed by atoms with Crippen molar-refractivity contribution in [2.75, 3.05) is 5.32 Å². The number of ether oxygens (including phenoxy) is 1. The van der Waals surface area contributed by atoms with Gasteiger partial charge in [0, 0.05) is 10.7 Å². The lowest BCUT2D eigenvalue weighted by Gasteiger charge is -2.13. The van der Waals surface area contributed by atoms with Gasteiger partial charge in [-0.2, -0.15) is 0 Å². The van der Waals surface area contributed by atoms with E-state index in [1.807, 2.05) is 24.3 Å². The van der Waals surface area contributed by atoms with Crippen molar-refractivity contribution in [3.63, 3.8) is 0 Å². The van der Waals surface area contributed by atoms with Crippen molar-refractivity contribution in [3.05, 3.63) is 57.7 Å². The first-order chi connectivity index (χ1) is 10.9. The topological polar surface area (TPSA) is 68.3 Å². The highest BCUT2D eigenvalue weighted by atomic mass is 79.9. The van der Waals surface area contributed by atoms with Crippen LogP contribution in [0.3, 0.4) is 0 Å². The highest BCUT2D eigenvalue weighted by molar-refractivity contribution is 9.10. The van der Waals surface area contributed by atoms with E-state index in [9.17, 15) is 9.59 Å². The molecule has 0 radical (unpaired) electrons. The third kappa shape index (κ3) is 5.65. The van der Waals surface area contributed by atoms with Gasteiger partial charge in [-0.3, -0.25) is 9.59 Å². The number of aromatic nitrogens is 1. The number of amides is 1. The number of carbonyl (C=O) groups is 2. The van der Waals surface area contributed by atoms with Crippen LogP contribution in [-0.2, 0) is 20.7 Å². The van der Waals surface area contributed by atoms with Crippen LogP contribution in [0, 0.1) is 0 Å². The molecule has 0 unspecified atom stereocenters. The van der Waals surface area contributed by atoms with Crippen molar-refractivity contribution in [2.45, 2.75) is 19.4 Å². The quantitative estimate of drug-likeness (QED) is 0.783. The van der Waals surface area contributed by atoms with E-state index in [0.717, 1.165) is 10.0 Å². The van der Waals surface area contributed by atoms with Crippen LogP contribution in [0.2, 0.25) is 5.02 Å². The van der Waals surface area contributed by atoms with Crippen LogP contribution in [0.25, 0.3) is 0 Å². The molecule has 120 valence electrons. The Morgan fingerprint density at radius 1 is 1.26 bits per heavy atom. The minimum Gasteiger partial charge on any atom is -0.452 e. The van der Waals surface area contributed by atoms with E-state index >= 15 is 0 Å². The molecule has 1 atom stereocenters. The number of halogens is 2. The van der Waals surface area contributed by atoms with Gasteiger partial charge in [-0.1, -0.05) is 39.7 Å². The monoisotopic (exact) mass is 396 g/mol. The zero-order chi connectivity index (χ0) is 16.8. The predicted octanol–water partition coefficient (Wildman–Crippen LogP) is 3.61. The summed E-state index contributed by atoms with van der Waals surface area (Å²) < 4.78 is 6.05. The lowest BCUT2D eigenvalue weighted by atomic mass is 10.1. The number of rotatable bonds is 5. The van der Waals surface area contributed by atoms with Crippen LogP contribution in [0.4, 0.5) is 5.82 Å². The molecule has 7 heteroatoms. The molecule has 0 spiro atoms. The zero-order valence-electron chi connectivity index (χ0n) is 12.3. The van der Waals surface area contributed by atoms with Crippen LogP contribution in [-0.4, -0.2) is 23.0 Å². The summed E-state index contributed by atoms with van der Waals surface area (Å²) in [5.74, 6) is -0.585. The van der Waals surface area contributed by atoms with Gasteiger partial charge in [0.1, 0.15) is 5.82 Å². The average molecular weight is 398 g/mol. The number of benzene rings is 1. The molecule has 1 aromatic heterocycles. The Morgan fingerprint density at radius 3 is 2.57 bits per heavy atom. The molecule has 1 N–H and O–H groups in total. The maximum Gasteiger partial charge on any atom is 0.311 e. The average Bonchev–Trinajstić information content (AvgIpc) is 2.51. The number of hydrogen-bond donors (Lipinski definition) is 1. The van der Waals surface area contributed by atoms with E-state index in [2.05, 4.69) is 26.2 Å². The molecule has 1 aromatic carbocycles. The second-order valence-electron chi connectivity index (χ2n) is 4.79. The van der Waals surface area contributed by atoms with Crippen molar-refractivity contribution < 1.29 is 14.3 Å². The van der Waals surface area contributed by atoms with Gasteiger partial charge in [-0.15, -0.1) is 0 Å². The van der Waals surface area contributed by atoms with Crippen molar-refractivity contribution in [2.24, 2.45) is 0 Å². The molecule has 0 aliphatic heterocycles. The predicted molar refractivity (Wildman–Crippen MR) is 91.3 cm³/mol. The fourth-order valence-electron chi connectivity index (χ4n) is 1.74. The van der Waals surface area contributed by atoms with Crippen LogP contribution in [0.1, 0.15) is 12.5 Å². The van der Waals surface area contributed by atoms with Gasteiger partial charge in [0.05, 0.1) is 11.4 Å². The maximum atomic E-state index is 12.0. The first-order valence-corrected chi connectivity index (χ1v) is 7.97. The van der Waals surface area contributed by atoms with E-state index in [0.29, 0.717) is 10.8 Å². The Labute approximate surface area is 147 Å². The zero-order valence-corrected chi connectivity index (χ0v) is 14.6. The third-order valence-electron chi connectivity index (χ3n) is 2.92. The molecule has 0 saturated heterocycles. The summed E-state index contributed by atoms with van der Waals surface area (Å²) in [7, 11) is 0. The van der Waals surface area contributed by atoms with E-state index in [1.54, 1.807) is 12.1 Å². The molecule has 0 aliphatic rings. The molecular weight excluding hydrogens is 384 g/mol. The highest BCUT2D eigenvalue weighted by Gasteiger charge is 2.18. The van der Waals surface area contributed by atoms with Crippen LogP contribution >= 0.6 is 27.5 Å². The smallest absolute Gasteiger partial charge is 0.311 e. The summed E-state index contributed by atoms with van der Waals surface area (Å²) in [5, 5.41) is 3.02. The number of carbonyl (C=O) groups excluding carboxylic acids is 2. The molecule has 0 bridgehead atoms. The van der Waals surface area contributed by atoms with Gasteiger partial charge in [0.25, 0.3) is 5.91 Å². The second kappa shape index (κ2) is 8.08. The summed E-state index contributed by atoms with van der Waals surface area (Å²) in [5.41, 5.74) is 0.810. The second-order valence-corrected chi connectivity index (χ2v) is 6.14. The molecule has 0 aliphatic carbocycles. The Bertz CT molecular complexity index is 689. The molecule has 5 nitrogen and oxygen atoms in total. The lowest BCUT2D eigenvalue weighted by Crippen LogP contribution is -2.30. The Balaban J connectivity index is 1.86. The Hall–Kier alpha value is -1.92. The SMILES string of the molecule is C[C@H](OC(=O)Cc1ccc(Br)cc1)C(=O)Nc1ccc(Cl)cn1. The normalized spacial score (nSPS) is 11.6. The number of hydrogen-bond acceptors (Lipinski definition) is 4. The fourth-order valence-corrected chi connectivity index (χ4v) is 2.12. The van der Waals surface area contributed by atoms with Crippen molar-refractivity contribution >= 4 is 45.2 Å². The molecule has 23 heavy (non-hydrogen) atoms. The summed E-state index contributed by atoms with van der Waals surface area (Å²) in [6.07, 6.45) is 0.598. The number of esters is 1. The fraction of sp³-hybridized carbons (Fsp3) is 0.188. The van der Waals surface area contributed by atoms with Crippen molar-refractivity contribution in [1.82, 2.24) is 4.98 Å². The van der Waals surface area contributed by atoms with Crippen LogP contribution in [0.5, 0.6) is 0 Å². The molecule has 2 aromatic rings. The summed E-state index contributed by atoms with van der Waals surface area (Å²) in [6.45, 7) is 1.50. The van der Waals surface area contributed by atoms with Gasteiger partial charge < -0.3 is 10.1 Å². The van der Waals surface area contributed by atoms with Crippen molar-refractivity contribution in [1.29, 1.82) is 0 Å². The molecule has 2 rings (SSSR count). The standard InChI is InChI=1S/C16H14BrClN2O3/c1-10(16(22)20-14-7-6-13(18)9-19-14)23-15(21)8-11-2-4-12(17)5-3-11/h2-7,9-10H,8H2,1H3,(H,19,20,22)/t10-/m0/s1. The van der Waals surface area contributed by atoms with Gasteiger partial charge in [-0.25, -0.2) is 4.98 Å². The van der Waals surface area contributed by atoms with E-state index in [1.165, 1.54) is 13.1 Å². The number of nitrogens with zero attached hydrogens (tertiary/aromatic N) is 1. The minimum absolute atomic E-state index is 0.101. The largest absolute Gasteiger partial charge is 0.452 e. The minimum atomic E-state index is -0.921. The molecule has 0 fully saturated rings. The Morgan fingerprint density at radius 2 is 1.96 bits per heavy atom. The molecule has 1 amide bonds. The lowest BCUT2D eigenvalue weighted by molar-refractivity contribution is -0.152. The number of pyridine rings is 1. The third-order valence-corrected chi connectivity index (χ3v) is 3.67. The molecule has 0 saturated carbocycles. The van der Waals surface area contributed by atoms with Gasteiger partial charge in [0.2, 0.25) is 0 Å². The molecule has 1 heterocycles. The van der Waals surface area contributed by atoms with Gasteiger partial charge >= 0.3 is 5.97 Å². The summed E-state index contributed by atoms with van der Waals surface area (Å²) in [6, 6.07) is 10.5. The number of nitrogens with one attached hydrogen (secondary N) is 1. The first-order valence-electron chi connectivity index (χ1n) is 6.80. The van der Waals surface area contributed by atoms with E-state index in [4.69, 9.17) is 16.3 Å². The highest BCUT2D eigenvalue weighted by Crippen LogP contribution is 2.12. The maximum absolute atomic E-state index is 12.0. The molecular formula is C16H14BrClN2O3.